The number of anilines is 2. The molecule has 1 heterocycles. The van der Waals surface area contributed by atoms with Crippen molar-refractivity contribution in [1.82, 2.24) is 0 Å². The molecular formula is C26H28N3O2+. The Kier molecular flexibility index (Phi) is 6.14. The second kappa shape index (κ2) is 9.14. The van der Waals surface area contributed by atoms with Crippen LogP contribution in [0.4, 0.5) is 11.4 Å². The van der Waals surface area contributed by atoms with Gasteiger partial charge in [0, 0.05) is 23.6 Å². The number of carbonyl (C=O) groups excluding carboxylic acids is 2. The molecule has 31 heavy (non-hydrogen) atoms. The number of rotatable bonds is 5. The first-order chi connectivity index (χ1) is 15.0. The molecule has 5 nitrogen and oxygen atoms in total. The molecule has 2 amide bonds. The lowest BCUT2D eigenvalue weighted by Gasteiger charge is -2.28. The molecule has 5 heteroatoms. The van der Waals surface area contributed by atoms with Crippen molar-refractivity contribution in [2.75, 3.05) is 16.8 Å². The van der Waals surface area contributed by atoms with Gasteiger partial charge in [0.25, 0.3) is 5.91 Å². The van der Waals surface area contributed by atoms with Crippen LogP contribution < -0.4 is 15.5 Å². The van der Waals surface area contributed by atoms with Crippen LogP contribution in [0.1, 0.15) is 36.1 Å². The molecule has 2 atom stereocenters. The van der Waals surface area contributed by atoms with Crippen LogP contribution in [0.25, 0.3) is 0 Å². The van der Waals surface area contributed by atoms with E-state index in [1.165, 1.54) is 5.56 Å². The maximum atomic E-state index is 13.4. The number of quaternary nitrogens is 1. The van der Waals surface area contributed by atoms with Gasteiger partial charge in [0.05, 0.1) is 11.4 Å². The first kappa shape index (κ1) is 20.8. The Balaban J connectivity index is 1.59. The van der Waals surface area contributed by atoms with Gasteiger partial charge in [-0.2, -0.15) is 0 Å². The Labute approximate surface area is 183 Å². The van der Waals surface area contributed by atoms with E-state index in [1.807, 2.05) is 49.4 Å². The molecular weight excluding hydrogens is 386 g/mol. The van der Waals surface area contributed by atoms with Crippen molar-refractivity contribution in [3.05, 3.63) is 95.6 Å². The van der Waals surface area contributed by atoms with Crippen LogP contribution in [0.3, 0.4) is 0 Å². The van der Waals surface area contributed by atoms with E-state index in [-0.39, 0.29) is 36.9 Å². The minimum atomic E-state index is -0.209. The molecule has 0 saturated carbocycles. The van der Waals surface area contributed by atoms with Gasteiger partial charge >= 0.3 is 0 Å². The molecule has 0 aromatic heterocycles. The lowest BCUT2D eigenvalue weighted by molar-refractivity contribution is -0.676. The third kappa shape index (κ3) is 4.67. The molecule has 3 aromatic rings. The highest BCUT2D eigenvalue weighted by atomic mass is 16.2. The monoisotopic (exact) mass is 414 g/mol. The van der Waals surface area contributed by atoms with Gasteiger partial charge in [0.2, 0.25) is 5.91 Å². The fourth-order valence-electron chi connectivity index (χ4n) is 4.18. The van der Waals surface area contributed by atoms with E-state index in [0.29, 0.717) is 5.69 Å². The predicted molar refractivity (Wildman–Crippen MR) is 123 cm³/mol. The number of nitrogens with two attached hydrogens (primary N) is 1. The summed E-state index contributed by atoms with van der Waals surface area (Å²) in [5.74, 6) is -0.0782. The first-order valence-electron chi connectivity index (χ1n) is 10.7. The summed E-state index contributed by atoms with van der Waals surface area (Å²) in [4.78, 5) is 27.4. The number of hydrogen-bond acceptors (Lipinski definition) is 2. The Hall–Kier alpha value is -3.44. The van der Waals surface area contributed by atoms with Crippen molar-refractivity contribution in [3.63, 3.8) is 0 Å². The molecule has 0 fully saturated rings. The van der Waals surface area contributed by atoms with Crippen molar-refractivity contribution in [1.29, 1.82) is 0 Å². The van der Waals surface area contributed by atoms with Crippen molar-refractivity contribution in [2.24, 2.45) is 0 Å². The summed E-state index contributed by atoms with van der Waals surface area (Å²) in [6.45, 7) is 4.27. The maximum Gasteiger partial charge on any atom is 0.282 e. The molecule has 0 spiro atoms. The molecule has 0 radical (unpaired) electrons. The molecule has 0 bridgehead atoms. The topological polar surface area (TPSA) is 66.0 Å². The van der Waals surface area contributed by atoms with Gasteiger partial charge in [-0.25, -0.2) is 0 Å². The average molecular weight is 415 g/mol. The van der Waals surface area contributed by atoms with E-state index in [4.69, 9.17) is 0 Å². The summed E-state index contributed by atoms with van der Waals surface area (Å²) < 4.78 is 0. The maximum absolute atomic E-state index is 13.4. The second-order valence-electron chi connectivity index (χ2n) is 8.12. The van der Waals surface area contributed by atoms with Crippen molar-refractivity contribution >= 4 is 23.2 Å². The minimum absolute atomic E-state index is 0.00973. The summed E-state index contributed by atoms with van der Waals surface area (Å²) in [7, 11) is 0. The van der Waals surface area contributed by atoms with E-state index in [2.05, 4.69) is 54.0 Å². The molecule has 3 aromatic carbocycles. The smallest absolute Gasteiger partial charge is 0.282 e. The quantitative estimate of drug-likeness (QED) is 0.672. The summed E-state index contributed by atoms with van der Waals surface area (Å²) >= 11 is 0. The fourth-order valence-corrected chi connectivity index (χ4v) is 4.18. The van der Waals surface area contributed by atoms with Crippen molar-refractivity contribution < 1.29 is 14.9 Å². The molecule has 3 N–H and O–H groups in total. The Bertz CT molecular complexity index is 1060. The molecule has 1 aliphatic heterocycles. The first-order valence-corrected chi connectivity index (χ1v) is 10.7. The molecule has 0 unspecified atom stereocenters. The lowest BCUT2D eigenvalue weighted by atomic mass is 9.98. The van der Waals surface area contributed by atoms with Gasteiger partial charge < -0.3 is 15.5 Å². The number of nitrogens with one attached hydrogen (secondary N) is 1. The lowest BCUT2D eigenvalue weighted by Crippen LogP contribution is -2.88. The number of aryl methyl sites for hydroxylation is 1. The predicted octanol–water partition coefficient (Wildman–Crippen LogP) is 3.41. The zero-order valence-electron chi connectivity index (χ0n) is 17.9. The highest BCUT2D eigenvalue weighted by Crippen LogP contribution is 2.31. The zero-order valence-corrected chi connectivity index (χ0v) is 17.9. The van der Waals surface area contributed by atoms with Gasteiger partial charge in [0.15, 0.2) is 6.54 Å². The third-order valence-electron chi connectivity index (χ3n) is 5.75. The van der Waals surface area contributed by atoms with Crippen LogP contribution in [0.15, 0.2) is 78.9 Å². The number of nitrogens with zero attached hydrogens (tertiary/aromatic N) is 1. The van der Waals surface area contributed by atoms with E-state index < -0.39 is 0 Å². The second-order valence-corrected chi connectivity index (χ2v) is 8.12. The number of para-hydroxylation sites is 2. The van der Waals surface area contributed by atoms with E-state index in [9.17, 15) is 9.59 Å². The third-order valence-corrected chi connectivity index (χ3v) is 5.75. The summed E-state index contributed by atoms with van der Waals surface area (Å²) in [5, 5.41) is 5.00. The fraction of sp³-hybridized carbons (Fsp3) is 0.231. The van der Waals surface area contributed by atoms with E-state index in [1.54, 1.807) is 4.90 Å². The molecule has 1 aliphatic rings. The van der Waals surface area contributed by atoms with Gasteiger partial charge in [-0.15, -0.1) is 0 Å². The molecule has 158 valence electrons. The van der Waals surface area contributed by atoms with Gasteiger partial charge in [0.1, 0.15) is 6.04 Å². The van der Waals surface area contributed by atoms with Crippen LogP contribution in [0, 0.1) is 6.92 Å². The zero-order chi connectivity index (χ0) is 21.8. The Morgan fingerprint density at radius 1 is 1.00 bits per heavy atom. The van der Waals surface area contributed by atoms with Crippen LogP contribution in [-0.4, -0.2) is 24.4 Å². The molecule has 4 rings (SSSR count). The number of carbonyl (C=O) groups is 2. The number of amides is 2. The van der Waals surface area contributed by atoms with Gasteiger partial charge in [-0.3, -0.25) is 9.59 Å². The van der Waals surface area contributed by atoms with Crippen LogP contribution in [0.2, 0.25) is 0 Å². The Morgan fingerprint density at radius 2 is 1.65 bits per heavy atom. The molecule has 0 saturated heterocycles. The highest BCUT2D eigenvalue weighted by molar-refractivity contribution is 6.04. The number of fused-ring (bicyclic) bond motifs is 1. The van der Waals surface area contributed by atoms with Crippen LogP contribution in [-0.2, 0) is 9.59 Å². The van der Waals surface area contributed by atoms with Crippen molar-refractivity contribution in [3.8, 4) is 0 Å². The number of benzene rings is 3. The summed E-state index contributed by atoms with van der Waals surface area (Å²) in [6.07, 6.45) is 0.278. The van der Waals surface area contributed by atoms with Crippen LogP contribution in [0.5, 0.6) is 0 Å². The highest BCUT2D eigenvalue weighted by Gasteiger charge is 2.31. The average Bonchev–Trinajstić information content (AvgIpc) is 2.90. The number of hydrogen-bond donors (Lipinski definition) is 2. The van der Waals surface area contributed by atoms with Crippen LogP contribution >= 0.6 is 0 Å². The summed E-state index contributed by atoms with van der Waals surface area (Å²) in [6, 6.07) is 26.0. The van der Waals surface area contributed by atoms with E-state index in [0.717, 1.165) is 16.8 Å². The Morgan fingerprint density at radius 3 is 2.39 bits per heavy atom. The normalized spacial score (nSPS) is 16.8. The largest absolute Gasteiger partial charge is 0.328 e. The SMILES string of the molecule is Cc1ccc([C@@H]([NH2+]CC(=O)N2c3ccccc3NC(=O)C[C@H]2C)c2ccccc2)cc1. The standard InChI is InChI=1S/C26H27N3O2/c1-18-12-14-21(15-13-18)26(20-8-4-3-5-9-20)27-17-25(31)29-19(2)16-24(30)28-22-10-6-7-11-23(22)29/h3-15,19,26-27H,16-17H2,1-2H3,(H,28,30)/p+1/t19-,26+/m1/s1. The summed E-state index contributed by atoms with van der Waals surface area (Å²) in [5.41, 5.74) is 4.96. The van der Waals surface area contributed by atoms with Crippen molar-refractivity contribution in [2.45, 2.75) is 32.4 Å². The molecule has 0 aliphatic carbocycles. The van der Waals surface area contributed by atoms with E-state index >= 15 is 0 Å². The van der Waals surface area contributed by atoms with Gasteiger partial charge in [-0.05, 0) is 26.0 Å². The van der Waals surface area contributed by atoms with Gasteiger partial charge in [-0.1, -0.05) is 72.3 Å². The minimum Gasteiger partial charge on any atom is -0.328 e.